The van der Waals surface area contributed by atoms with E-state index in [-0.39, 0.29) is 34.9 Å². The van der Waals surface area contributed by atoms with Crippen LogP contribution in [-0.4, -0.2) is 77.1 Å². The van der Waals surface area contributed by atoms with E-state index in [1.807, 2.05) is 18.9 Å². The molecule has 0 bridgehead atoms. The average Bonchev–Trinajstić information content (AvgIpc) is 3.40. The molecule has 0 unspecified atom stereocenters. The van der Waals surface area contributed by atoms with Crippen LogP contribution in [0, 0.1) is 18.8 Å². The molecule has 2 aromatic carbocycles. The van der Waals surface area contributed by atoms with Crippen LogP contribution < -0.4 is 5.32 Å². The van der Waals surface area contributed by atoms with Crippen LogP contribution in [0.2, 0.25) is 0 Å². The van der Waals surface area contributed by atoms with Crippen LogP contribution >= 0.6 is 0 Å². The minimum Gasteiger partial charge on any atom is -0.322 e. The van der Waals surface area contributed by atoms with Gasteiger partial charge >= 0.3 is 6.18 Å². The molecule has 3 aromatic rings. The number of carbonyl (C=O) groups excluding carboxylic acids is 2. The fourth-order valence-electron chi connectivity index (χ4n) is 4.54. The van der Waals surface area contributed by atoms with E-state index in [2.05, 4.69) is 42.2 Å². The van der Waals surface area contributed by atoms with Gasteiger partial charge in [-0.05, 0) is 61.4 Å². The Hall–Kier alpha value is -4.73. The molecule has 5 rings (SSSR count). The number of rotatable bonds is 5. The number of alkyl halides is 3. The highest BCUT2D eigenvalue weighted by Crippen LogP contribution is 2.34. The van der Waals surface area contributed by atoms with Gasteiger partial charge in [0.25, 0.3) is 11.8 Å². The van der Waals surface area contributed by atoms with Crippen LogP contribution in [-0.2, 0) is 17.5 Å². The molecule has 0 radical (unpaired) electrons. The summed E-state index contributed by atoms with van der Waals surface area (Å²) in [5.41, 5.74) is 1.60. The maximum absolute atomic E-state index is 14.0. The lowest BCUT2D eigenvalue weighted by Gasteiger charge is -2.33. The predicted octanol–water partition coefficient (Wildman–Crippen LogP) is 3.56. The first-order chi connectivity index (χ1) is 20.1. The van der Waals surface area contributed by atoms with Gasteiger partial charge in [-0.15, -0.1) is 5.10 Å². The van der Waals surface area contributed by atoms with E-state index in [1.165, 1.54) is 18.3 Å². The zero-order valence-corrected chi connectivity index (χ0v) is 22.9. The summed E-state index contributed by atoms with van der Waals surface area (Å²) in [4.78, 5) is 36.5. The van der Waals surface area contributed by atoms with Crippen LogP contribution in [0.5, 0.6) is 0 Å². The van der Waals surface area contributed by atoms with Gasteiger partial charge < -0.3 is 10.2 Å². The molecule has 0 spiro atoms. The molecule has 3 heterocycles. The summed E-state index contributed by atoms with van der Waals surface area (Å²) < 4.78 is 41.9. The number of amides is 2. The molecule has 214 valence electrons. The van der Waals surface area contributed by atoms with E-state index in [9.17, 15) is 22.8 Å². The molecule has 2 aliphatic rings. The van der Waals surface area contributed by atoms with Gasteiger partial charge in [0.2, 0.25) is 0 Å². The van der Waals surface area contributed by atoms with E-state index in [4.69, 9.17) is 0 Å². The fraction of sp³-hybridized carbons (Fsp3) is 0.267. The summed E-state index contributed by atoms with van der Waals surface area (Å²) in [5.74, 6) is 4.97. The first kappa shape index (κ1) is 28.8. The van der Waals surface area contributed by atoms with Gasteiger partial charge in [0.05, 0.1) is 23.5 Å². The Morgan fingerprint density at radius 2 is 1.83 bits per heavy atom. The molecule has 1 saturated heterocycles. The second-order valence-electron chi connectivity index (χ2n) is 10.0. The smallest absolute Gasteiger partial charge is 0.322 e. The summed E-state index contributed by atoms with van der Waals surface area (Å²) >= 11 is 0. The third kappa shape index (κ3) is 6.76. The number of nitrogens with zero attached hydrogens (tertiary/aromatic N) is 6. The summed E-state index contributed by atoms with van der Waals surface area (Å²) in [6.45, 7) is 4.95. The summed E-state index contributed by atoms with van der Waals surface area (Å²) in [7, 11) is 1.99. The van der Waals surface area contributed by atoms with E-state index in [0.29, 0.717) is 24.2 Å². The molecule has 1 N–H and O–H groups in total. The first-order valence-corrected chi connectivity index (χ1v) is 13.1. The third-order valence-corrected chi connectivity index (χ3v) is 6.95. The topological polar surface area (TPSA) is 103 Å². The Labute approximate surface area is 240 Å². The fourth-order valence-corrected chi connectivity index (χ4v) is 4.54. The number of nitrogens with one attached hydrogen (secondary N) is 1. The van der Waals surface area contributed by atoms with E-state index in [0.717, 1.165) is 30.9 Å². The Morgan fingerprint density at radius 3 is 2.55 bits per heavy atom. The van der Waals surface area contributed by atoms with Crippen molar-refractivity contribution < 1.29 is 22.8 Å². The molecule has 42 heavy (non-hydrogen) atoms. The predicted molar refractivity (Wildman–Crippen MR) is 151 cm³/mol. The minimum atomic E-state index is -4.57. The summed E-state index contributed by atoms with van der Waals surface area (Å²) in [6, 6.07) is 10.3. The van der Waals surface area contributed by atoms with E-state index < -0.39 is 23.6 Å². The lowest BCUT2D eigenvalue weighted by Crippen LogP contribution is -2.44. The van der Waals surface area contributed by atoms with Crippen molar-refractivity contribution in [3.05, 3.63) is 87.7 Å². The number of hydrogen-bond acceptors (Lipinski definition) is 7. The molecule has 9 nitrogen and oxygen atoms in total. The highest BCUT2D eigenvalue weighted by molar-refractivity contribution is 6.36. The number of hydrogen-bond donors (Lipinski definition) is 1. The largest absolute Gasteiger partial charge is 0.416 e. The molecular formula is C30H26F3N7O2. The minimum absolute atomic E-state index is 0.0410. The van der Waals surface area contributed by atoms with Gasteiger partial charge in [-0.25, -0.2) is 4.99 Å². The van der Waals surface area contributed by atoms with Crippen LogP contribution in [0.3, 0.4) is 0 Å². The lowest BCUT2D eigenvalue weighted by atomic mass is 10.0. The van der Waals surface area contributed by atoms with Crippen molar-refractivity contribution in [3.8, 4) is 11.8 Å². The molecule has 0 aliphatic carbocycles. The number of piperazine rings is 1. The van der Waals surface area contributed by atoms with Crippen molar-refractivity contribution in [2.24, 2.45) is 9.98 Å². The van der Waals surface area contributed by atoms with Crippen LogP contribution in [0.25, 0.3) is 0 Å². The molecule has 0 saturated carbocycles. The highest BCUT2D eigenvalue weighted by atomic mass is 19.4. The standard InChI is InChI=1S/C30H26F3N7O2/c1-19-3-4-21(15-20(19)6-8-26-24(9-10-35-38-26)28-34-17-27(41)37-28)29(42)36-23-7-5-22(25(16-23)30(31,32)33)18-40-13-11-39(2)12-14-40/h3-5,7,9-10,15-17H,11-14,18H2,1-2H3,(H,36,42). The van der Waals surface area contributed by atoms with Gasteiger partial charge in [0, 0.05) is 49.5 Å². The van der Waals surface area contributed by atoms with Crippen molar-refractivity contribution in [2.45, 2.75) is 19.6 Å². The Bertz CT molecular complexity index is 1660. The van der Waals surface area contributed by atoms with Gasteiger partial charge in [-0.3, -0.25) is 14.5 Å². The summed E-state index contributed by atoms with van der Waals surface area (Å²) in [6.07, 6.45) is -2.05. The monoisotopic (exact) mass is 573 g/mol. The number of carbonyl (C=O) groups is 2. The summed E-state index contributed by atoms with van der Waals surface area (Å²) in [5, 5.41) is 10.4. The number of aryl methyl sites for hydroxylation is 1. The molecule has 1 fully saturated rings. The normalized spacial score (nSPS) is 15.7. The number of likely N-dealkylation sites (N-methyl/N-ethyl adjacent to an activating group) is 1. The van der Waals surface area contributed by atoms with Crippen LogP contribution in [0.15, 0.2) is 58.6 Å². The van der Waals surface area contributed by atoms with Crippen molar-refractivity contribution in [1.29, 1.82) is 0 Å². The van der Waals surface area contributed by atoms with Crippen LogP contribution in [0.4, 0.5) is 18.9 Å². The van der Waals surface area contributed by atoms with Crippen molar-refractivity contribution in [1.82, 2.24) is 20.0 Å². The van der Waals surface area contributed by atoms with E-state index in [1.54, 1.807) is 24.3 Å². The SMILES string of the molecule is Cc1ccc(C(=O)Nc2ccc(CN3CCN(C)CC3)c(C(F)(F)F)c2)cc1C#Cc1nnccc1C1=NC(=O)C=N1. The Morgan fingerprint density at radius 1 is 1.05 bits per heavy atom. The zero-order chi connectivity index (χ0) is 29.9. The van der Waals surface area contributed by atoms with Gasteiger partial charge in [0.15, 0.2) is 5.84 Å². The Kier molecular flexibility index (Phi) is 8.24. The molecule has 0 atom stereocenters. The quantitative estimate of drug-likeness (QED) is 0.469. The van der Waals surface area contributed by atoms with Crippen molar-refractivity contribution in [2.75, 3.05) is 38.5 Å². The zero-order valence-electron chi connectivity index (χ0n) is 22.9. The molecule has 2 amide bonds. The number of aliphatic imine (C=N–C) groups is 2. The number of aromatic nitrogens is 2. The Balaban J connectivity index is 1.35. The number of amidine groups is 1. The molecular weight excluding hydrogens is 547 g/mol. The van der Waals surface area contributed by atoms with Crippen LogP contribution in [0.1, 0.15) is 43.9 Å². The van der Waals surface area contributed by atoms with Gasteiger partial charge in [-0.1, -0.05) is 18.1 Å². The molecule has 2 aliphatic heterocycles. The van der Waals surface area contributed by atoms with Crippen molar-refractivity contribution in [3.63, 3.8) is 0 Å². The number of anilines is 1. The third-order valence-electron chi connectivity index (χ3n) is 6.95. The second kappa shape index (κ2) is 12.0. The lowest BCUT2D eigenvalue weighted by molar-refractivity contribution is -0.138. The highest BCUT2D eigenvalue weighted by Gasteiger charge is 2.34. The number of halogens is 3. The molecule has 1 aromatic heterocycles. The van der Waals surface area contributed by atoms with Gasteiger partial charge in [-0.2, -0.15) is 23.3 Å². The first-order valence-electron chi connectivity index (χ1n) is 13.1. The maximum Gasteiger partial charge on any atom is 0.416 e. The molecule has 12 heteroatoms. The van der Waals surface area contributed by atoms with Crippen molar-refractivity contribution >= 4 is 29.6 Å². The average molecular weight is 574 g/mol. The number of benzene rings is 2. The maximum atomic E-state index is 14.0. The second-order valence-corrected chi connectivity index (χ2v) is 10.0. The van der Waals surface area contributed by atoms with E-state index >= 15 is 0 Å². The van der Waals surface area contributed by atoms with Gasteiger partial charge in [0.1, 0.15) is 5.69 Å².